The van der Waals surface area contributed by atoms with E-state index in [1.54, 1.807) is 6.92 Å². The van der Waals surface area contributed by atoms with Crippen molar-refractivity contribution in [2.45, 2.75) is 60.0 Å². The number of nitrogens with one attached hydrogen (secondary N) is 1. The zero-order valence-corrected chi connectivity index (χ0v) is 17.5. The van der Waals surface area contributed by atoms with Crippen LogP contribution in [-0.2, 0) is 11.2 Å². The van der Waals surface area contributed by atoms with Gasteiger partial charge in [0.15, 0.2) is 6.61 Å². The van der Waals surface area contributed by atoms with Crippen LogP contribution in [0.2, 0.25) is 0 Å². The molecule has 152 valence electrons. The van der Waals surface area contributed by atoms with E-state index in [4.69, 9.17) is 13.9 Å². The van der Waals surface area contributed by atoms with Gasteiger partial charge in [0, 0.05) is 23.7 Å². The van der Waals surface area contributed by atoms with Crippen LogP contribution in [0, 0.1) is 19.8 Å². The van der Waals surface area contributed by atoms with Gasteiger partial charge in [0.1, 0.15) is 22.7 Å². The molecular formula is C22H29NO5. The van der Waals surface area contributed by atoms with E-state index in [0.717, 1.165) is 29.4 Å². The summed E-state index contributed by atoms with van der Waals surface area (Å²) in [6.45, 7) is 12.2. The molecule has 0 saturated heterocycles. The van der Waals surface area contributed by atoms with E-state index >= 15 is 0 Å². The summed E-state index contributed by atoms with van der Waals surface area (Å²) < 4.78 is 17.6. The van der Waals surface area contributed by atoms with E-state index in [0.29, 0.717) is 35.1 Å². The van der Waals surface area contributed by atoms with Crippen molar-refractivity contribution in [2.24, 2.45) is 5.92 Å². The first-order valence-electron chi connectivity index (χ1n) is 9.77. The highest BCUT2D eigenvalue weighted by Gasteiger charge is 2.31. The Hall–Kier alpha value is -2.50. The van der Waals surface area contributed by atoms with Crippen molar-refractivity contribution in [1.29, 1.82) is 0 Å². The molecule has 0 bridgehead atoms. The van der Waals surface area contributed by atoms with Gasteiger partial charge in [-0.25, -0.2) is 4.79 Å². The number of hydrogen-bond acceptors (Lipinski definition) is 5. The van der Waals surface area contributed by atoms with Gasteiger partial charge in [0.05, 0.1) is 5.39 Å². The topological polar surface area (TPSA) is 77.8 Å². The van der Waals surface area contributed by atoms with Crippen molar-refractivity contribution in [1.82, 2.24) is 5.32 Å². The van der Waals surface area contributed by atoms with Crippen LogP contribution in [0.1, 0.15) is 50.8 Å². The maximum absolute atomic E-state index is 12.3. The van der Waals surface area contributed by atoms with Crippen LogP contribution >= 0.6 is 0 Å². The number of fused-ring (bicyclic) bond motifs is 3. The lowest BCUT2D eigenvalue weighted by atomic mass is 9.92. The van der Waals surface area contributed by atoms with Crippen molar-refractivity contribution in [3.8, 4) is 11.5 Å². The Balaban J connectivity index is 2.04. The van der Waals surface area contributed by atoms with Crippen LogP contribution in [0.3, 0.4) is 0 Å². The fourth-order valence-corrected chi connectivity index (χ4v) is 3.36. The number of aryl methyl sites for hydroxylation is 2. The van der Waals surface area contributed by atoms with Crippen molar-refractivity contribution >= 4 is 16.9 Å². The largest absolute Gasteiger partial charge is 0.487 e. The van der Waals surface area contributed by atoms with Crippen LogP contribution in [-0.4, -0.2) is 24.7 Å². The summed E-state index contributed by atoms with van der Waals surface area (Å²) in [4.78, 5) is 24.4. The summed E-state index contributed by atoms with van der Waals surface area (Å²) in [6, 6.07) is 1.82. The second-order valence-corrected chi connectivity index (χ2v) is 8.54. The van der Waals surface area contributed by atoms with E-state index in [9.17, 15) is 9.59 Å². The molecule has 6 nitrogen and oxygen atoms in total. The highest BCUT2D eigenvalue weighted by molar-refractivity contribution is 5.92. The van der Waals surface area contributed by atoms with Gasteiger partial charge >= 0.3 is 5.63 Å². The van der Waals surface area contributed by atoms with Crippen LogP contribution in [0.5, 0.6) is 11.5 Å². The molecule has 28 heavy (non-hydrogen) atoms. The molecule has 1 aliphatic rings. The summed E-state index contributed by atoms with van der Waals surface area (Å²) in [5, 5.41) is 3.57. The van der Waals surface area contributed by atoms with Gasteiger partial charge in [-0.1, -0.05) is 13.8 Å². The standard InChI is InChI=1S/C22H29NO5/c1-12(2)10-23-18(24)11-26-17-9-16-15(7-8-22(5,6)28-16)20-19(17)13(3)14(4)21(25)27-20/h9,12H,7-8,10-11H2,1-6H3,(H,23,24). The molecule has 0 spiro atoms. The van der Waals surface area contributed by atoms with Gasteiger partial charge in [-0.2, -0.15) is 0 Å². The average molecular weight is 387 g/mol. The third-order valence-corrected chi connectivity index (χ3v) is 5.18. The predicted molar refractivity (Wildman–Crippen MR) is 108 cm³/mol. The van der Waals surface area contributed by atoms with Gasteiger partial charge in [-0.3, -0.25) is 4.79 Å². The molecule has 0 radical (unpaired) electrons. The van der Waals surface area contributed by atoms with E-state index in [1.165, 1.54) is 0 Å². The maximum atomic E-state index is 12.3. The summed E-state index contributed by atoms with van der Waals surface area (Å²) in [7, 11) is 0. The molecule has 1 aliphatic heterocycles. The van der Waals surface area contributed by atoms with Crippen LogP contribution < -0.4 is 20.4 Å². The molecule has 3 rings (SSSR count). The Bertz CT molecular complexity index is 971. The first-order chi connectivity index (χ1) is 13.1. The molecule has 0 fully saturated rings. The molecule has 2 aromatic rings. The molecule has 0 atom stereocenters. The number of ether oxygens (including phenoxy) is 2. The molecular weight excluding hydrogens is 358 g/mol. The van der Waals surface area contributed by atoms with Crippen molar-refractivity contribution < 1.29 is 18.7 Å². The van der Waals surface area contributed by atoms with Gasteiger partial charge in [0.25, 0.3) is 5.91 Å². The van der Waals surface area contributed by atoms with Crippen molar-refractivity contribution in [3.05, 3.63) is 33.2 Å². The lowest BCUT2D eigenvalue weighted by molar-refractivity contribution is -0.123. The summed E-state index contributed by atoms with van der Waals surface area (Å²) in [6.07, 6.45) is 1.57. The average Bonchev–Trinajstić information content (AvgIpc) is 2.61. The molecule has 6 heteroatoms. The summed E-state index contributed by atoms with van der Waals surface area (Å²) in [5.74, 6) is 1.32. The van der Waals surface area contributed by atoms with Gasteiger partial charge in [-0.05, 0) is 52.0 Å². The van der Waals surface area contributed by atoms with Gasteiger partial charge in [-0.15, -0.1) is 0 Å². The highest BCUT2D eigenvalue weighted by Crippen LogP contribution is 2.43. The Labute approximate surface area is 165 Å². The van der Waals surface area contributed by atoms with Crippen molar-refractivity contribution in [2.75, 3.05) is 13.2 Å². The molecule has 1 aromatic heterocycles. The molecule has 0 unspecified atom stereocenters. The lowest BCUT2D eigenvalue weighted by Crippen LogP contribution is -2.33. The number of rotatable bonds is 5. The zero-order valence-electron chi connectivity index (χ0n) is 17.5. The second-order valence-electron chi connectivity index (χ2n) is 8.54. The number of benzene rings is 1. The monoisotopic (exact) mass is 387 g/mol. The van der Waals surface area contributed by atoms with E-state index in [-0.39, 0.29) is 23.7 Å². The number of carbonyl (C=O) groups is 1. The number of amides is 1. The predicted octanol–water partition coefficient (Wildman–Crippen LogP) is 3.66. The SMILES string of the molecule is Cc1c(C)c2c(OCC(=O)NCC(C)C)cc3c(c2oc1=O)CCC(C)(C)O3. The third-order valence-electron chi connectivity index (χ3n) is 5.18. The van der Waals surface area contributed by atoms with Gasteiger partial charge in [0.2, 0.25) is 0 Å². The van der Waals surface area contributed by atoms with Crippen LogP contribution in [0.15, 0.2) is 15.3 Å². The van der Waals surface area contributed by atoms with Crippen molar-refractivity contribution in [3.63, 3.8) is 0 Å². The van der Waals surface area contributed by atoms with Crippen LogP contribution in [0.25, 0.3) is 11.0 Å². The second kappa shape index (κ2) is 7.49. The third kappa shape index (κ3) is 4.01. The summed E-state index contributed by atoms with van der Waals surface area (Å²) >= 11 is 0. The first-order valence-corrected chi connectivity index (χ1v) is 9.77. The van der Waals surface area contributed by atoms with Gasteiger partial charge < -0.3 is 19.2 Å². The molecule has 0 aliphatic carbocycles. The Kier molecular flexibility index (Phi) is 5.41. The van der Waals surface area contributed by atoms with E-state index < -0.39 is 0 Å². The quantitative estimate of drug-likeness (QED) is 0.792. The number of carbonyl (C=O) groups excluding carboxylic acids is 1. The fraction of sp³-hybridized carbons (Fsp3) is 0.545. The molecule has 1 N–H and O–H groups in total. The fourth-order valence-electron chi connectivity index (χ4n) is 3.36. The molecule has 0 saturated carbocycles. The molecule has 1 amide bonds. The number of hydrogen-bond donors (Lipinski definition) is 1. The highest BCUT2D eigenvalue weighted by atomic mass is 16.5. The smallest absolute Gasteiger partial charge is 0.339 e. The maximum Gasteiger partial charge on any atom is 0.339 e. The first kappa shape index (κ1) is 20.2. The van der Waals surface area contributed by atoms with Crippen LogP contribution in [0.4, 0.5) is 0 Å². The zero-order chi connectivity index (χ0) is 20.6. The minimum Gasteiger partial charge on any atom is -0.487 e. The normalized spacial score (nSPS) is 15.2. The molecule has 1 aromatic carbocycles. The lowest BCUT2D eigenvalue weighted by Gasteiger charge is -2.33. The minimum atomic E-state index is -0.358. The minimum absolute atomic E-state index is 0.110. The van der Waals surface area contributed by atoms with E-state index in [1.807, 2.05) is 40.7 Å². The summed E-state index contributed by atoms with van der Waals surface area (Å²) in [5.41, 5.74) is 2.05. The Morgan fingerprint density at radius 1 is 1.29 bits per heavy atom. The molecule has 2 heterocycles. The Morgan fingerprint density at radius 3 is 2.68 bits per heavy atom. The van der Waals surface area contributed by atoms with E-state index in [2.05, 4.69) is 5.32 Å². The Morgan fingerprint density at radius 2 is 2.00 bits per heavy atom.